The molecule has 0 aromatic heterocycles. The van der Waals surface area contributed by atoms with E-state index in [9.17, 15) is 0 Å². The van der Waals surface area contributed by atoms with Crippen LogP contribution in [0.2, 0.25) is 0 Å². The summed E-state index contributed by atoms with van der Waals surface area (Å²) < 4.78 is 10.7. The number of methoxy groups -OCH3 is 1. The summed E-state index contributed by atoms with van der Waals surface area (Å²) in [5.74, 6) is 1.83. The van der Waals surface area contributed by atoms with Gasteiger partial charge in [-0.15, -0.1) is 0 Å². The Morgan fingerprint density at radius 3 is 2.69 bits per heavy atom. The van der Waals surface area contributed by atoms with Crippen LogP contribution in [-0.4, -0.2) is 13.7 Å². The minimum absolute atomic E-state index is 0.186. The molecule has 13 heavy (non-hydrogen) atoms. The molecule has 2 nitrogen and oxygen atoms in total. The zero-order chi connectivity index (χ0) is 9.90. The molecule has 0 unspecified atom stereocenters. The van der Waals surface area contributed by atoms with Crippen LogP contribution in [0.4, 0.5) is 0 Å². The van der Waals surface area contributed by atoms with Crippen LogP contribution >= 0.6 is 0 Å². The SMILES string of the molecule is CCOC1=C(OC)CC(C)(C)C=C1. The summed E-state index contributed by atoms with van der Waals surface area (Å²) in [4.78, 5) is 0. The highest BCUT2D eigenvalue weighted by Crippen LogP contribution is 2.33. The molecule has 0 aromatic carbocycles. The highest BCUT2D eigenvalue weighted by Gasteiger charge is 2.23. The summed E-state index contributed by atoms with van der Waals surface area (Å²) in [5, 5.41) is 0. The van der Waals surface area contributed by atoms with Crippen molar-refractivity contribution >= 4 is 0 Å². The van der Waals surface area contributed by atoms with Crippen molar-refractivity contribution in [3.63, 3.8) is 0 Å². The quantitative estimate of drug-likeness (QED) is 0.668. The molecule has 0 fully saturated rings. The molecule has 74 valence electrons. The lowest BCUT2D eigenvalue weighted by atomic mass is 9.85. The Labute approximate surface area is 80.2 Å². The van der Waals surface area contributed by atoms with Gasteiger partial charge in [-0.2, -0.15) is 0 Å². The van der Waals surface area contributed by atoms with Crippen LogP contribution in [0.15, 0.2) is 23.7 Å². The summed E-state index contributed by atoms with van der Waals surface area (Å²) in [6.45, 7) is 7.04. The van der Waals surface area contributed by atoms with Crippen molar-refractivity contribution < 1.29 is 9.47 Å². The maximum absolute atomic E-state index is 5.45. The van der Waals surface area contributed by atoms with Crippen LogP contribution < -0.4 is 0 Å². The van der Waals surface area contributed by atoms with E-state index in [1.165, 1.54) is 0 Å². The average molecular weight is 182 g/mol. The molecular weight excluding hydrogens is 164 g/mol. The van der Waals surface area contributed by atoms with E-state index >= 15 is 0 Å². The zero-order valence-electron chi connectivity index (χ0n) is 8.89. The number of hydrogen-bond donors (Lipinski definition) is 0. The summed E-state index contributed by atoms with van der Waals surface area (Å²) >= 11 is 0. The second-order valence-electron chi connectivity index (χ2n) is 3.92. The molecule has 0 amide bonds. The predicted molar refractivity (Wildman–Crippen MR) is 53.2 cm³/mol. The lowest BCUT2D eigenvalue weighted by Crippen LogP contribution is -2.15. The zero-order valence-corrected chi connectivity index (χ0v) is 8.89. The second kappa shape index (κ2) is 3.86. The Balaban J connectivity index is 2.80. The Morgan fingerprint density at radius 2 is 2.15 bits per heavy atom. The van der Waals surface area contributed by atoms with E-state index in [-0.39, 0.29) is 5.41 Å². The van der Waals surface area contributed by atoms with Gasteiger partial charge in [-0.1, -0.05) is 19.9 Å². The van der Waals surface area contributed by atoms with Gasteiger partial charge in [-0.25, -0.2) is 0 Å². The van der Waals surface area contributed by atoms with E-state index in [0.717, 1.165) is 17.9 Å². The first kappa shape index (κ1) is 10.2. The maximum atomic E-state index is 5.45. The Bertz CT molecular complexity index is 236. The normalized spacial score (nSPS) is 20.3. The van der Waals surface area contributed by atoms with Crippen molar-refractivity contribution in [3.8, 4) is 0 Å². The third-order valence-electron chi connectivity index (χ3n) is 2.12. The van der Waals surface area contributed by atoms with Gasteiger partial charge in [0, 0.05) is 6.42 Å². The van der Waals surface area contributed by atoms with Crippen molar-refractivity contribution in [3.05, 3.63) is 23.7 Å². The minimum Gasteiger partial charge on any atom is -0.497 e. The Morgan fingerprint density at radius 1 is 1.46 bits per heavy atom. The topological polar surface area (TPSA) is 18.5 Å². The average Bonchev–Trinajstić information content (AvgIpc) is 2.08. The van der Waals surface area contributed by atoms with Crippen molar-refractivity contribution in [2.75, 3.05) is 13.7 Å². The summed E-state index contributed by atoms with van der Waals surface area (Å²) in [7, 11) is 1.70. The fourth-order valence-corrected chi connectivity index (χ4v) is 1.41. The van der Waals surface area contributed by atoms with Gasteiger partial charge in [0.2, 0.25) is 0 Å². The highest BCUT2D eigenvalue weighted by molar-refractivity contribution is 5.25. The van der Waals surface area contributed by atoms with Gasteiger partial charge in [-0.3, -0.25) is 0 Å². The van der Waals surface area contributed by atoms with Gasteiger partial charge in [0.15, 0.2) is 5.76 Å². The molecular formula is C11H18O2. The summed E-state index contributed by atoms with van der Waals surface area (Å²) in [6, 6.07) is 0. The van der Waals surface area contributed by atoms with Gasteiger partial charge in [0.05, 0.1) is 13.7 Å². The van der Waals surface area contributed by atoms with E-state index in [0.29, 0.717) is 6.61 Å². The summed E-state index contributed by atoms with van der Waals surface area (Å²) in [6.07, 6.45) is 5.08. The third kappa shape index (κ3) is 2.51. The van der Waals surface area contributed by atoms with Crippen LogP contribution in [0.25, 0.3) is 0 Å². The second-order valence-corrected chi connectivity index (χ2v) is 3.92. The van der Waals surface area contributed by atoms with E-state index in [2.05, 4.69) is 19.9 Å². The third-order valence-corrected chi connectivity index (χ3v) is 2.12. The van der Waals surface area contributed by atoms with Crippen molar-refractivity contribution in [1.29, 1.82) is 0 Å². The molecule has 1 rings (SSSR count). The molecule has 0 bridgehead atoms. The predicted octanol–water partition coefficient (Wildman–Crippen LogP) is 2.87. The smallest absolute Gasteiger partial charge is 0.156 e. The molecule has 0 saturated carbocycles. The van der Waals surface area contributed by atoms with Crippen LogP contribution in [0, 0.1) is 5.41 Å². The monoisotopic (exact) mass is 182 g/mol. The van der Waals surface area contributed by atoms with Crippen LogP contribution in [-0.2, 0) is 9.47 Å². The molecule has 0 spiro atoms. The molecule has 0 saturated heterocycles. The standard InChI is InChI=1S/C11H18O2/c1-5-13-9-6-7-11(2,3)8-10(9)12-4/h6-7H,5,8H2,1-4H3. The first-order valence-electron chi connectivity index (χ1n) is 4.68. The number of ether oxygens (including phenoxy) is 2. The fourth-order valence-electron chi connectivity index (χ4n) is 1.41. The van der Waals surface area contributed by atoms with Crippen LogP contribution in [0.5, 0.6) is 0 Å². The molecule has 0 aromatic rings. The van der Waals surface area contributed by atoms with E-state index in [1.54, 1.807) is 7.11 Å². The molecule has 0 atom stereocenters. The van der Waals surface area contributed by atoms with Gasteiger partial charge in [0.25, 0.3) is 0 Å². The highest BCUT2D eigenvalue weighted by atomic mass is 16.5. The van der Waals surface area contributed by atoms with E-state index in [1.807, 2.05) is 13.0 Å². The first-order chi connectivity index (χ1) is 6.09. The molecule has 2 heteroatoms. The van der Waals surface area contributed by atoms with Gasteiger partial charge in [-0.05, 0) is 18.4 Å². The minimum atomic E-state index is 0.186. The van der Waals surface area contributed by atoms with Crippen molar-refractivity contribution in [2.24, 2.45) is 5.41 Å². The van der Waals surface area contributed by atoms with Gasteiger partial charge >= 0.3 is 0 Å². The fraction of sp³-hybridized carbons (Fsp3) is 0.636. The van der Waals surface area contributed by atoms with Gasteiger partial charge in [0.1, 0.15) is 5.76 Å². The molecule has 0 radical (unpaired) electrons. The summed E-state index contributed by atoms with van der Waals surface area (Å²) in [5.41, 5.74) is 0.186. The lowest BCUT2D eigenvalue weighted by Gasteiger charge is -2.26. The Kier molecular flexibility index (Phi) is 3.02. The Hall–Kier alpha value is -0.920. The maximum Gasteiger partial charge on any atom is 0.156 e. The number of rotatable bonds is 3. The molecule has 0 N–H and O–H groups in total. The number of allylic oxidation sites excluding steroid dienone is 3. The van der Waals surface area contributed by atoms with Crippen LogP contribution in [0.3, 0.4) is 0 Å². The van der Waals surface area contributed by atoms with Crippen LogP contribution in [0.1, 0.15) is 27.2 Å². The van der Waals surface area contributed by atoms with E-state index in [4.69, 9.17) is 9.47 Å². The molecule has 1 aliphatic carbocycles. The van der Waals surface area contributed by atoms with Crippen molar-refractivity contribution in [1.82, 2.24) is 0 Å². The lowest BCUT2D eigenvalue weighted by molar-refractivity contribution is 0.174. The largest absolute Gasteiger partial charge is 0.497 e. The van der Waals surface area contributed by atoms with E-state index < -0.39 is 0 Å². The molecule has 0 heterocycles. The van der Waals surface area contributed by atoms with Gasteiger partial charge < -0.3 is 9.47 Å². The number of hydrogen-bond acceptors (Lipinski definition) is 2. The molecule has 0 aliphatic heterocycles. The van der Waals surface area contributed by atoms with Crippen molar-refractivity contribution in [2.45, 2.75) is 27.2 Å². The first-order valence-corrected chi connectivity index (χ1v) is 4.68. The molecule has 1 aliphatic rings.